The third-order valence-electron chi connectivity index (χ3n) is 2.41. The predicted octanol–water partition coefficient (Wildman–Crippen LogP) is 3.58. The second-order valence-electron chi connectivity index (χ2n) is 3.90. The highest BCUT2D eigenvalue weighted by Gasteiger charge is 2.13. The van der Waals surface area contributed by atoms with Gasteiger partial charge < -0.3 is 10.6 Å². The monoisotopic (exact) mass is 354 g/mol. The second-order valence-corrected chi connectivity index (χ2v) is 5.25. The number of carbonyl (C=O) groups excluding carboxylic acids is 1. The SMILES string of the molecule is CCNc1ncc(Br)cc1C(=O)Nc1ccc(Cl)cn1. The fourth-order valence-electron chi connectivity index (χ4n) is 1.55. The number of nitrogens with one attached hydrogen (secondary N) is 2. The molecule has 0 saturated heterocycles. The van der Waals surface area contributed by atoms with Crippen LogP contribution in [0.5, 0.6) is 0 Å². The number of hydrogen-bond donors (Lipinski definition) is 2. The number of hydrogen-bond acceptors (Lipinski definition) is 4. The Kier molecular flexibility index (Phi) is 4.92. The third-order valence-corrected chi connectivity index (χ3v) is 3.07. The molecule has 0 aliphatic heterocycles. The zero-order valence-corrected chi connectivity index (χ0v) is 13.0. The van der Waals surface area contributed by atoms with E-state index in [0.29, 0.717) is 28.8 Å². The van der Waals surface area contributed by atoms with Gasteiger partial charge in [0.15, 0.2) is 0 Å². The van der Waals surface area contributed by atoms with Gasteiger partial charge in [0.05, 0.1) is 10.6 Å². The lowest BCUT2D eigenvalue weighted by Gasteiger charge is -2.10. The van der Waals surface area contributed by atoms with Crippen LogP contribution in [-0.2, 0) is 0 Å². The van der Waals surface area contributed by atoms with Crippen LogP contribution in [0.2, 0.25) is 5.02 Å². The Balaban J connectivity index is 2.23. The highest BCUT2D eigenvalue weighted by molar-refractivity contribution is 9.10. The summed E-state index contributed by atoms with van der Waals surface area (Å²) in [6.07, 6.45) is 3.11. The summed E-state index contributed by atoms with van der Waals surface area (Å²) in [6.45, 7) is 2.61. The van der Waals surface area contributed by atoms with Gasteiger partial charge in [-0.3, -0.25) is 4.79 Å². The third kappa shape index (κ3) is 3.68. The summed E-state index contributed by atoms with van der Waals surface area (Å²) in [5.74, 6) is 0.675. The van der Waals surface area contributed by atoms with Crippen molar-refractivity contribution in [1.82, 2.24) is 9.97 Å². The second kappa shape index (κ2) is 6.67. The topological polar surface area (TPSA) is 66.9 Å². The van der Waals surface area contributed by atoms with Crippen molar-refractivity contribution in [3.63, 3.8) is 0 Å². The predicted molar refractivity (Wildman–Crippen MR) is 83.3 cm³/mol. The van der Waals surface area contributed by atoms with Crippen LogP contribution in [0.25, 0.3) is 0 Å². The molecular formula is C13H12BrClN4O. The number of pyridine rings is 2. The molecule has 0 aliphatic carbocycles. The van der Waals surface area contributed by atoms with Gasteiger partial charge in [0, 0.05) is 23.4 Å². The Morgan fingerprint density at radius 2 is 2.15 bits per heavy atom. The molecule has 0 bridgehead atoms. The van der Waals surface area contributed by atoms with Crippen LogP contribution in [0.4, 0.5) is 11.6 Å². The van der Waals surface area contributed by atoms with E-state index in [2.05, 4.69) is 36.5 Å². The molecule has 0 fully saturated rings. The summed E-state index contributed by atoms with van der Waals surface area (Å²) in [4.78, 5) is 20.5. The molecule has 5 nitrogen and oxygen atoms in total. The summed E-state index contributed by atoms with van der Waals surface area (Å²) in [6, 6.07) is 5.00. The zero-order valence-electron chi connectivity index (χ0n) is 10.7. The van der Waals surface area contributed by atoms with Gasteiger partial charge in [-0.1, -0.05) is 11.6 Å². The van der Waals surface area contributed by atoms with Gasteiger partial charge in [0.25, 0.3) is 5.91 Å². The fourth-order valence-corrected chi connectivity index (χ4v) is 2.00. The van der Waals surface area contributed by atoms with Gasteiger partial charge in [-0.2, -0.15) is 0 Å². The maximum absolute atomic E-state index is 12.3. The standard InChI is InChI=1S/C13H12BrClN4O/c1-2-16-12-10(5-8(14)6-18-12)13(20)19-11-4-3-9(15)7-17-11/h3-7H,2H2,1H3,(H,16,18)(H,17,19,20). The lowest BCUT2D eigenvalue weighted by atomic mass is 10.2. The first-order valence-corrected chi connectivity index (χ1v) is 7.09. The molecule has 2 aromatic rings. The van der Waals surface area contributed by atoms with Crippen molar-refractivity contribution in [1.29, 1.82) is 0 Å². The van der Waals surface area contributed by atoms with Crippen LogP contribution in [0.3, 0.4) is 0 Å². The van der Waals surface area contributed by atoms with E-state index in [4.69, 9.17) is 11.6 Å². The molecule has 0 atom stereocenters. The van der Waals surface area contributed by atoms with E-state index in [0.717, 1.165) is 4.47 Å². The Morgan fingerprint density at radius 3 is 2.80 bits per heavy atom. The smallest absolute Gasteiger partial charge is 0.260 e. The number of rotatable bonds is 4. The van der Waals surface area contributed by atoms with Gasteiger partial charge in [-0.25, -0.2) is 9.97 Å². The van der Waals surface area contributed by atoms with Gasteiger partial charge in [-0.15, -0.1) is 0 Å². The molecule has 0 spiro atoms. The number of carbonyl (C=O) groups is 1. The van der Waals surface area contributed by atoms with Gasteiger partial charge in [0.1, 0.15) is 11.6 Å². The average Bonchev–Trinajstić information content (AvgIpc) is 2.43. The van der Waals surface area contributed by atoms with Gasteiger partial charge >= 0.3 is 0 Å². The van der Waals surface area contributed by atoms with E-state index >= 15 is 0 Å². The summed E-state index contributed by atoms with van der Waals surface area (Å²) in [5, 5.41) is 6.26. The summed E-state index contributed by atoms with van der Waals surface area (Å²) >= 11 is 9.06. The van der Waals surface area contributed by atoms with Crippen LogP contribution in [0.15, 0.2) is 35.1 Å². The quantitative estimate of drug-likeness (QED) is 0.880. The normalized spacial score (nSPS) is 10.2. The van der Waals surface area contributed by atoms with Crippen molar-refractivity contribution < 1.29 is 4.79 Å². The van der Waals surface area contributed by atoms with Crippen molar-refractivity contribution in [2.45, 2.75) is 6.92 Å². The molecule has 104 valence electrons. The molecule has 20 heavy (non-hydrogen) atoms. The Morgan fingerprint density at radius 1 is 1.35 bits per heavy atom. The van der Waals surface area contributed by atoms with Crippen LogP contribution < -0.4 is 10.6 Å². The number of nitrogens with zero attached hydrogens (tertiary/aromatic N) is 2. The highest BCUT2D eigenvalue weighted by atomic mass is 79.9. The largest absolute Gasteiger partial charge is 0.370 e. The van der Waals surface area contributed by atoms with Crippen LogP contribution in [-0.4, -0.2) is 22.4 Å². The lowest BCUT2D eigenvalue weighted by molar-refractivity contribution is 0.102. The fraction of sp³-hybridized carbons (Fsp3) is 0.154. The molecule has 2 N–H and O–H groups in total. The van der Waals surface area contributed by atoms with E-state index < -0.39 is 0 Å². The van der Waals surface area contributed by atoms with E-state index in [1.54, 1.807) is 24.4 Å². The Bertz CT molecular complexity index is 618. The van der Waals surface area contributed by atoms with Crippen molar-refractivity contribution in [3.05, 3.63) is 45.7 Å². The molecule has 1 amide bonds. The lowest BCUT2D eigenvalue weighted by Crippen LogP contribution is -2.16. The minimum Gasteiger partial charge on any atom is -0.370 e. The molecule has 0 radical (unpaired) electrons. The molecule has 0 unspecified atom stereocenters. The Labute approximate surface area is 129 Å². The Hall–Kier alpha value is -1.66. The molecule has 0 aromatic carbocycles. The summed E-state index contributed by atoms with van der Waals surface area (Å²) in [5.41, 5.74) is 0.443. The van der Waals surface area contributed by atoms with Gasteiger partial charge in [0.2, 0.25) is 0 Å². The maximum atomic E-state index is 12.3. The van der Waals surface area contributed by atoms with E-state index in [1.165, 1.54) is 6.20 Å². The first-order chi connectivity index (χ1) is 9.60. The molecule has 2 rings (SSSR count). The first kappa shape index (κ1) is 14.7. The van der Waals surface area contributed by atoms with Crippen LogP contribution >= 0.6 is 27.5 Å². The summed E-state index contributed by atoms with van der Waals surface area (Å²) in [7, 11) is 0. The van der Waals surface area contributed by atoms with Crippen molar-refractivity contribution in [2.75, 3.05) is 17.2 Å². The van der Waals surface area contributed by atoms with Crippen LogP contribution in [0, 0.1) is 0 Å². The minimum atomic E-state index is -0.287. The molecule has 2 aromatic heterocycles. The number of anilines is 2. The van der Waals surface area contributed by atoms with Crippen LogP contribution in [0.1, 0.15) is 17.3 Å². The van der Waals surface area contributed by atoms with Gasteiger partial charge in [-0.05, 0) is 41.1 Å². The summed E-state index contributed by atoms with van der Waals surface area (Å²) < 4.78 is 0.730. The number of amides is 1. The maximum Gasteiger partial charge on any atom is 0.260 e. The molecular weight excluding hydrogens is 344 g/mol. The van der Waals surface area contributed by atoms with Crippen molar-refractivity contribution in [3.8, 4) is 0 Å². The number of halogens is 2. The van der Waals surface area contributed by atoms with E-state index in [9.17, 15) is 4.79 Å². The molecule has 2 heterocycles. The highest BCUT2D eigenvalue weighted by Crippen LogP contribution is 2.19. The molecule has 0 saturated carbocycles. The molecule has 7 heteroatoms. The average molecular weight is 356 g/mol. The van der Waals surface area contributed by atoms with Crippen molar-refractivity contribution in [2.24, 2.45) is 0 Å². The minimum absolute atomic E-state index is 0.287. The van der Waals surface area contributed by atoms with E-state index in [-0.39, 0.29) is 5.91 Å². The molecule has 0 aliphatic rings. The zero-order chi connectivity index (χ0) is 14.5. The first-order valence-electron chi connectivity index (χ1n) is 5.92. The van der Waals surface area contributed by atoms with Crippen molar-refractivity contribution >= 4 is 45.1 Å². The number of aromatic nitrogens is 2. The van der Waals surface area contributed by atoms with E-state index in [1.807, 2.05) is 6.92 Å².